The van der Waals surface area contributed by atoms with Gasteiger partial charge in [0.25, 0.3) is 0 Å². The molecule has 2 N–H and O–H groups in total. The van der Waals surface area contributed by atoms with E-state index in [1.165, 1.54) is 5.56 Å². The van der Waals surface area contributed by atoms with Crippen molar-refractivity contribution in [2.45, 2.75) is 12.6 Å². The van der Waals surface area contributed by atoms with E-state index in [-0.39, 0.29) is 6.04 Å². The number of aromatic nitrogens is 1. The van der Waals surface area contributed by atoms with Gasteiger partial charge < -0.3 is 10.6 Å². The summed E-state index contributed by atoms with van der Waals surface area (Å²) in [4.78, 5) is 6.45. The molecule has 0 saturated heterocycles. The third-order valence-electron chi connectivity index (χ3n) is 2.82. The third kappa shape index (κ3) is 3.15. The minimum atomic E-state index is -0.159. The fourth-order valence-corrected chi connectivity index (χ4v) is 1.98. The van der Waals surface area contributed by atoms with Gasteiger partial charge in [0.1, 0.15) is 0 Å². The van der Waals surface area contributed by atoms with Crippen LogP contribution in [0.2, 0.25) is 0 Å². The van der Waals surface area contributed by atoms with Gasteiger partial charge in [-0.15, -0.1) is 0 Å². The molecule has 1 atom stereocenters. The van der Waals surface area contributed by atoms with Gasteiger partial charge in [0.05, 0.1) is 11.7 Å². The molecule has 1 aromatic carbocycles. The largest absolute Gasteiger partial charge is 0.319 e. The van der Waals surface area contributed by atoms with E-state index < -0.39 is 0 Å². The number of pyridine rings is 1. The molecule has 1 aromatic heterocycles. The van der Waals surface area contributed by atoms with E-state index in [2.05, 4.69) is 48.2 Å². The monoisotopic (exact) mass is 241 g/mol. The van der Waals surface area contributed by atoms with Gasteiger partial charge in [-0.1, -0.05) is 30.3 Å². The van der Waals surface area contributed by atoms with Crippen LogP contribution in [0.5, 0.6) is 0 Å². The molecular formula is C15H19N3. The number of nitrogens with two attached hydrogens (primary N) is 1. The van der Waals surface area contributed by atoms with Crippen molar-refractivity contribution < 1.29 is 0 Å². The normalized spacial score (nSPS) is 12.7. The first-order valence-corrected chi connectivity index (χ1v) is 6.07. The van der Waals surface area contributed by atoms with Crippen LogP contribution in [-0.2, 0) is 6.54 Å². The van der Waals surface area contributed by atoms with Crippen LogP contribution in [0.25, 0.3) is 0 Å². The Labute approximate surface area is 108 Å². The maximum Gasteiger partial charge on any atom is 0.0726 e. The fraction of sp³-hybridized carbons (Fsp3) is 0.267. The summed E-state index contributed by atoms with van der Waals surface area (Å²) in [6.07, 6.45) is 1.78. The lowest BCUT2D eigenvalue weighted by Gasteiger charge is -2.14. The van der Waals surface area contributed by atoms with Crippen molar-refractivity contribution in [3.8, 4) is 0 Å². The Balaban J connectivity index is 2.23. The maximum atomic E-state index is 6.24. The van der Waals surface area contributed by atoms with E-state index in [4.69, 9.17) is 5.73 Å². The average molecular weight is 241 g/mol. The Morgan fingerprint density at radius 2 is 2.00 bits per heavy atom. The van der Waals surface area contributed by atoms with Gasteiger partial charge in [0, 0.05) is 12.7 Å². The molecule has 3 nitrogen and oxygen atoms in total. The van der Waals surface area contributed by atoms with Gasteiger partial charge in [-0.2, -0.15) is 0 Å². The maximum absolute atomic E-state index is 6.24. The summed E-state index contributed by atoms with van der Waals surface area (Å²) >= 11 is 0. The number of hydrogen-bond donors (Lipinski definition) is 1. The van der Waals surface area contributed by atoms with E-state index in [0.717, 1.165) is 17.8 Å². The molecule has 0 bridgehead atoms. The lowest BCUT2D eigenvalue weighted by molar-refractivity contribution is 0.402. The van der Waals surface area contributed by atoms with Crippen LogP contribution in [0.3, 0.4) is 0 Å². The van der Waals surface area contributed by atoms with Gasteiger partial charge in [-0.25, -0.2) is 0 Å². The highest BCUT2D eigenvalue weighted by Crippen LogP contribution is 2.18. The fourth-order valence-electron chi connectivity index (χ4n) is 1.98. The predicted molar refractivity (Wildman–Crippen MR) is 74.1 cm³/mol. The van der Waals surface area contributed by atoms with Crippen molar-refractivity contribution in [2.24, 2.45) is 5.73 Å². The van der Waals surface area contributed by atoms with Gasteiger partial charge in [0.15, 0.2) is 0 Å². The zero-order valence-electron chi connectivity index (χ0n) is 10.9. The summed E-state index contributed by atoms with van der Waals surface area (Å²) < 4.78 is 0. The molecule has 0 amide bonds. The molecule has 0 aliphatic heterocycles. The van der Waals surface area contributed by atoms with Crippen LogP contribution in [0.4, 0.5) is 0 Å². The summed E-state index contributed by atoms with van der Waals surface area (Å²) in [5, 5.41) is 0. The highest BCUT2D eigenvalue weighted by molar-refractivity contribution is 5.31. The number of rotatable bonds is 4. The van der Waals surface area contributed by atoms with E-state index in [1.807, 2.05) is 18.2 Å². The van der Waals surface area contributed by atoms with Crippen LogP contribution in [0.1, 0.15) is 22.9 Å². The Morgan fingerprint density at radius 1 is 1.17 bits per heavy atom. The molecule has 1 heterocycles. The van der Waals surface area contributed by atoms with Crippen molar-refractivity contribution in [1.82, 2.24) is 9.88 Å². The zero-order chi connectivity index (χ0) is 13.0. The minimum absolute atomic E-state index is 0.159. The van der Waals surface area contributed by atoms with E-state index in [0.29, 0.717) is 0 Å². The molecular weight excluding hydrogens is 222 g/mol. The zero-order valence-corrected chi connectivity index (χ0v) is 10.9. The molecule has 3 heteroatoms. The van der Waals surface area contributed by atoms with Gasteiger partial charge in [0.2, 0.25) is 0 Å². The molecule has 0 spiro atoms. The lowest BCUT2D eigenvalue weighted by atomic mass is 10.0. The van der Waals surface area contributed by atoms with Crippen molar-refractivity contribution in [2.75, 3.05) is 14.1 Å². The molecule has 0 radical (unpaired) electrons. The standard InChI is InChI=1S/C15H19N3/c1-18(2)11-12-6-5-7-13(10-12)15(16)14-8-3-4-9-17-14/h3-10,15H,11,16H2,1-2H3. The number of benzene rings is 1. The molecule has 2 rings (SSSR count). The minimum Gasteiger partial charge on any atom is -0.319 e. The van der Waals surface area contributed by atoms with Crippen LogP contribution < -0.4 is 5.73 Å². The van der Waals surface area contributed by atoms with Gasteiger partial charge >= 0.3 is 0 Å². The van der Waals surface area contributed by atoms with Crippen LogP contribution in [0, 0.1) is 0 Å². The first-order chi connectivity index (χ1) is 8.66. The highest BCUT2D eigenvalue weighted by atomic mass is 15.0. The Bertz CT molecular complexity index is 494. The van der Waals surface area contributed by atoms with Crippen LogP contribution in [-0.4, -0.2) is 24.0 Å². The molecule has 0 aliphatic rings. The topological polar surface area (TPSA) is 42.1 Å². The smallest absolute Gasteiger partial charge is 0.0726 e. The van der Waals surface area contributed by atoms with Crippen molar-refractivity contribution in [3.63, 3.8) is 0 Å². The molecule has 18 heavy (non-hydrogen) atoms. The second-order valence-electron chi connectivity index (χ2n) is 4.72. The Hall–Kier alpha value is -1.71. The lowest BCUT2D eigenvalue weighted by Crippen LogP contribution is -2.15. The first-order valence-electron chi connectivity index (χ1n) is 6.07. The van der Waals surface area contributed by atoms with Gasteiger partial charge in [-0.05, 0) is 37.4 Å². The SMILES string of the molecule is CN(C)Cc1cccc(C(N)c2ccccn2)c1. The Morgan fingerprint density at radius 3 is 2.67 bits per heavy atom. The second kappa shape index (κ2) is 5.76. The van der Waals surface area contributed by atoms with E-state index in [9.17, 15) is 0 Å². The summed E-state index contributed by atoms with van der Waals surface area (Å²) in [5.74, 6) is 0. The summed E-state index contributed by atoms with van der Waals surface area (Å²) in [5.41, 5.74) is 9.51. The molecule has 94 valence electrons. The predicted octanol–water partition coefficient (Wildman–Crippen LogP) is 2.19. The molecule has 0 saturated carbocycles. The quantitative estimate of drug-likeness (QED) is 0.892. The van der Waals surface area contributed by atoms with Crippen molar-refractivity contribution in [1.29, 1.82) is 0 Å². The highest BCUT2D eigenvalue weighted by Gasteiger charge is 2.10. The average Bonchev–Trinajstić information content (AvgIpc) is 2.38. The molecule has 2 aromatic rings. The van der Waals surface area contributed by atoms with E-state index >= 15 is 0 Å². The van der Waals surface area contributed by atoms with Crippen molar-refractivity contribution >= 4 is 0 Å². The van der Waals surface area contributed by atoms with Gasteiger partial charge in [-0.3, -0.25) is 4.98 Å². The third-order valence-corrected chi connectivity index (χ3v) is 2.82. The first kappa shape index (κ1) is 12.7. The summed E-state index contributed by atoms with van der Waals surface area (Å²) in [7, 11) is 4.12. The number of hydrogen-bond acceptors (Lipinski definition) is 3. The van der Waals surface area contributed by atoms with E-state index in [1.54, 1.807) is 6.20 Å². The Kier molecular flexibility index (Phi) is 4.07. The second-order valence-corrected chi connectivity index (χ2v) is 4.72. The molecule has 0 aliphatic carbocycles. The van der Waals surface area contributed by atoms with Crippen LogP contribution >= 0.6 is 0 Å². The summed E-state index contributed by atoms with van der Waals surface area (Å²) in [6.45, 7) is 0.919. The van der Waals surface area contributed by atoms with Crippen molar-refractivity contribution in [3.05, 3.63) is 65.5 Å². The molecule has 0 fully saturated rings. The van der Waals surface area contributed by atoms with Crippen LogP contribution in [0.15, 0.2) is 48.7 Å². The molecule has 1 unspecified atom stereocenters. The summed E-state index contributed by atoms with van der Waals surface area (Å²) in [6, 6.07) is 14.0. The number of nitrogens with zero attached hydrogens (tertiary/aromatic N) is 2.